The lowest BCUT2D eigenvalue weighted by molar-refractivity contribution is -0.142. The van der Waals surface area contributed by atoms with Crippen molar-refractivity contribution < 1.29 is 33.3 Å². The Hall–Kier alpha value is -3.68. The van der Waals surface area contributed by atoms with Gasteiger partial charge in [-0.15, -0.1) is 0 Å². The molecule has 1 aliphatic rings. The number of carbonyl (C=O) groups is 2. The Labute approximate surface area is 161 Å². The third-order valence-corrected chi connectivity index (χ3v) is 3.84. The first kappa shape index (κ1) is 19.1. The van der Waals surface area contributed by atoms with Gasteiger partial charge in [0.2, 0.25) is 6.79 Å². The number of ether oxygens (including phenoxy) is 5. The Morgan fingerprint density at radius 1 is 1.07 bits per heavy atom. The zero-order valence-corrected chi connectivity index (χ0v) is 15.4. The number of anilines is 1. The number of hydrogen-bond donors (Lipinski definition) is 1. The number of hydrogen-bond acceptors (Lipinski definition) is 7. The van der Waals surface area contributed by atoms with Gasteiger partial charge in [-0.3, -0.25) is 4.79 Å². The molecule has 2 aromatic carbocycles. The third-order valence-electron chi connectivity index (χ3n) is 3.84. The van der Waals surface area contributed by atoms with E-state index in [-0.39, 0.29) is 6.79 Å². The lowest BCUT2D eigenvalue weighted by Crippen LogP contribution is -2.20. The molecule has 0 spiro atoms. The number of carbonyl (C=O) groups excluding carboxylic acids is 2. The maximum Gasteiger partial charge on any atom is 0.331 e. The summed E-state index contributed by atoms with van der Waals surface area (Å²) in [6, 6.07) is 10.2. The van der Waals surface area contributed by atoms with Gasteiger partial charge in [0.25, 0.3) is 5.91 Å². The summed E-state index contributed by atoms with van der Waals surface area (Å²) in [5, 5.41) is 2.62. The minimum atomic E-state index is -0.654. The van der Waals surface area contributed by atoms with Crippen LogP contribution in [0.25, 0.3) is 6.08 Å². The van der Waals surface area contributed by atoms with Gasteiger partial charge < -0.3 is 29.0 Å². The van der Waals surface area contributed by atoms with Crippen LogP contribution in [0.1, 0.15) is 5.56 Å². The standard InChI is InChI=1S/C20H19NO7/c1-24-15-6-3-13(17(10-15)25-2)4-8-20(23)26-11-19(22)21-14-5-7-16-18(9-14)28-12-27-16/h3-10H,11-12H2,1-2H3,(H,21,22)/b8-4-. The van der Waals surface area contributed by atoms with E-state index in [9.17, 15) is 9.59 Å². The fourth-order valence-electron chi connectivity index (χ4n) is 2.47. The minimum Gasteiger partial charge on any atom is -0.497 e. The van der Waals surface area contributed by atoms with Crippen LogP contribution < -0.4 is 24.3 Å². The van der Waals surface area contributed by atoms with Gasteiger partial charge in [0.1, 0.15) is 11.5 Å². The van der Waals surface area contributed by atoms with Crippen LogP contribution in [0.2, 0.25) is 0 Å². The van der Waals surface area contributed by atoms with Crippen LogP contribution >= 0.6 is 0 Å². The second-order valence-electron chi connectivity index (χ2n) is 5.67. The molecule has 0 saturated heterocycles. The maximum absolute atomic E-state index is 11.9. The van der Waals surface area contributed by atoms with Gasteiger partial charge in [-0.05, 0) is 30.3 Å². The van der Waals surface area contributed by atoms with E-state index in [1.807, 2.05) is 0 Å². The van der Waals surface area contributed by atoms with E-state index in [0.717, 1.165) is 0 Å². The van der Waals surface area contributed by atoms with Crippen LogP contribution in [0.3, 0.4) is 0 Å². The topological polar surface area (TPSA) is 92.3 Å². The Morgan fingerprint density at radius 3 is 2.68 bits per heavy atom. The Kier molecular flexibility index (Phi) is 6.01. The van der Waals surface area contributed by atoms with Crippen molar-refractivity contribution in [3.8, 4) is 23.0 Å². The maximum atomic E-state index is 11.9. The smallest absolute Gasteiger partial charge is 0.331 e. The van der Waals surface area contributed by atoms with Gasteiger partial charge in [0.05, 0.1) is 14.2 Å². The molecule has 146 valence electrons. The number of methoxy groups -OCH3 is 2. The molecular weight excluding hydrogens is 366 g/mol. The summed E-state index contributed by atoms with van der Waals surface area (Å²) in [6.07, 6.45) is 2.76. The number of benzene rings is 2. The summed E-state index contributed by atoms with van der Waals surface area (Å²) in [5.74, 6) is 1.22. The quantitative estimate of drug-likeness (QED) is 0.579. The van der Waals surface area contributed by atoms with Crippen LogP contribution in [0.5, 0.6) is 23.0 Å². The first-order chi connectivity index (χ1) is 13.6. The molecule has 0 aromatic heterocycles. The van der Waals surface area contributed by atoms with E-state index in [1.54, 1.807) is 43.5 Å². The average Bonchev–Trinajstić information content (AvgIpc) is 3.18. The van der Waals surface area contributed by atoms with Gasteiger partial charge >= 0.3 is 5.97 Å². The molecule has 1 amide bonds. The fraction of sp³-hybridized carbons (Fsp3) is 0.200. The number of esters is 1. The lowest BCUT2D eigenvalue weighted by atomic mass is 10.2. The largest absolute Gasteiger partial charge is 0.497 e. The Bertz CT molecular complexity index is 907. The number of fused-ring (bicyclic) bond motifs is 1. The highest BCUT2D eigenvalue weighted by Crippen LogP contribution is 2.34. The molecule has 8 nitrogen and oxygen atoms in total. The predicted molar refractivity (Wildman–Crippen MR) is 101 cm³/mol. The first-order valence-electron chi connectivity index (χ1n) is 8.35. The molecule has 0 saturated carbocycles. The molecule has 0 unspecified atom stereocenters. The fourth-order valence-corrected chi connectivity index (χ4v) is 2.47. The normalized spacial score (nSPS) is 11.9. The lowest BCUT2D eigenvalue weighted by Gasteiger charge is -2.07. The zero-order chi connectivity index (χ0) is 19.9. The van der Waals surface area contributed by atoms with Crippen LogP contribution in [0.4, 0.5) is 5.69 Å². The van der Waals surface area contributed by atoms with Gasteiger partial charge in [0, 0.05) is 29.5 Å². The molecule has 0 atom stereocenters. The molecule has 28 heavy (non-hydrogen) atoms. The minimum absolute atomic E-state index is 0.148. The summed E-state index contributed by atoms with van der Waals surface area (Å²) in [5.41, 5.74) is 1.19. The van der Waals surface area contributed by atoms with Gasteiger partial charge in [-0.2, -0.15) is 0 Å². The number of amides is 1. The zero-order valence-electron chi connectivity index (χ0n) is 15.4. The van der Waals surface area contributed by atoms with Crippen molar-refractivity contribution in [1.82, 2.24) is 0 Å². The van der Waals surface area contributed by atoms with E-state index >= 15 is 0 Å². The summed E-state index contributed by atoms with van der Waals surface area (Å²) in [4.78, 5) is 23.8. The van der Waals surface area contributed by atoms with Crippen LogP contribution in [0.15, 0.2) is 42.5 Å². The summed E-state index contributed by atoms with van der Waals surface area (Å²) in [6.45, 7) is -0.271. The van der Waals surface area contributed by atoms with Crippen molar-refractivity contribution >= 4 is 23.6 Å². The highest BCUT2D eigenvalue weighted by atomic mass is 16.7. The first-order valence-corrected chi connectivity index (χ1v) is 8.35. The summed E-state index contributed by atoms with van der Waals surface area (Å²) >= 11 is 0. The van der Waals surface area contributed by atoms with E-state index in [0.29, 0.717) is 34.2 Å². The molecule has 0 aliphatic carbocycles. The van der Waals surface area contributed by atoms with E-state index in [2.05, 4.69) is 5.32 Å². The second kappa shape index (κ2) is 8.81. The monoisotopic (exact) mass is 385 g/mol. The van der Waals surface area contributed by atoms with Crippen molar-refractivity contribution in [2.75, 3.05) is 32.9 Å². The Balaban J connectivity index is 1.51. The van der Waals surface area contributed by atoms with Crippen LogP contribution in [0, 0.1) is 0 Å². The molecule has 1 aliphatic heterocycles. The summed E-state index contributed by atoms with van der Waals surface area (Å²) in [7, 11) is 3.07. The van der Waals surface area contributed by atoms with Gasteiger partial charge in [-0.25, -0.2) is 4.79 Å². The van der Waals surface area contributed by atoms with E-state index in [1.165, 1.54) is 19.3 Å². The van der Waals surface area contributed by atoms with Gasteiger partial charge in [-0.1, -0.05) is 0 Å². The van der Waals surface area contributed by atoms with Crippen LogP contribution in [-0.4, -0.2) is 39.5 Å². The van der Waals surface area contributed by atoms with Crippen molar-refractivity contribution in [3.05, 3.63) is 48.0 Å². The molecule has 1 heterocycles. The molecule has 0 radical (unpaired) electrons. The molecule has 0 bridgehead atoms. The van der Waals surface area contributed by atoms with Crippen molar-refractivity contribution in [2.24, 2.45) is 0 Å². The van der Waals surface area contributed by atoms with Crippen molar-refractivity contribution in [1.29, 1.82) is 0 Å². The predicted octanol–water partition coefficient (Wildman–Crippen LogP) is 2.63. The molecule has 0 fully saturated rings. The SMILES string of the molecule is COc1ccc(/C=C\C(=O)OCC(=O)Nc2ccc3c(c2)OCO3)c(OC)c1. The van der Waals surface area contributed by atoms with Crippen molar-refractivity contribution in [3.63, 3.8) is 0 Å². The summed E-state index contributed by atoms with van der Waals surface area (Å²) < 4.78 is 25.8. The molecule has 3 rings (SSSR count). The number of nitrogens with one attached hydrogen (secondary N) is 1. The molecule has 8 heteroatoms. The highest BCUT2D eigenvalue weighted by molar-refractivity contribution is 5.95. The third kappa shape index (κ3) is 4.73. The van der Waals surface area contributed by atoms with E-state index < -0.39 is 18.5 Å². The van der Waals surface area contributed by atoms with Gasteiger partial charge in [0.15, 0.2) is 18.1 Å². The molecular formula is C20H19NO7. The van der Waals surface area contributed by atoms with E-state index in [4.69, 9.17) is 23.7 Å². The molecule has 2 aromatic rings. The highest BCUT2D eigenvalue weighted by Gasteiger charge is 2.14. The Morgan fingerprint density at radius 2 is 1.89 bits per heavy atom. The molecule has 1 N–H and O–H groups in total. The average molecular weight is 385 g/mol. The van der Waals surface area contributed by atoms with Crippen LogP contribution in [-0.2, 0) is 14.3 Å². The number of rotatable bonds is 7. The second-order valence-corrected chi connectivity index (χ2v) is 5.67. The van der Waals surface area contributed by atoms with Crippen molar-refractivity contribution in [2.45, 2.75) is 0 Å².